The molecule has 0 amide bonds. The van der Waals surface area contributed by atoms with Gasteiger partial charge in [-0.25, -0.2) is 0 Å². The summed E-state index contributed by atoms with van der Waals surface area (Å²) in [5.74, 6) is 0.962. The highest BCUT2D eigenvalue weighted by Gasteiger charge is 2.07. The largest absolute Gasteiger partial charge is 0.491 e. The van der Waals surface area contributed by atoms with E-state index in [1.54, 1.807) is 0 Å². The average Bonchev–Trinajstić information content (AvgIpc) is 2.29. The molecule has 0 bridgehead atoms. The molecule has 0 spiro atoms. The maximum Gasteiger partial charge on any atom is 0.123 e. The van der Waals surface area contributed by atoms with E-state index in [1.807, 2.05) is 19.9 Å². The van der Waals surface area contributed by atoms with Gasteiger partial charge in [0, 0.05) is 0 Å². The molecule has 2 nitrogen and oxygen atoms in total. The highest BCUT2D eigenvalue weighted by Crippen LogP contribution is 2.27. The zero-order chi connectivity index (χ0) is 12.3. The number of fused-ring (bicyclic) bond motifs is 1. The van der Waals surface area contributed by atoms with Gasteiger partial charge in [-0.3, -0.25) is 0 Å². The van der Waals surface area contributed by atoms with E-state index in [4.69, 9.17) is 10.5 Å². The molecule has 0 radical (unpaired) electrons. The average molecular weight is 229 g/mol. The SMILES string of the molecule is CC(C)Oc1cc2ccccc2cc1CCN. The van der Waals surface area contributed by atoms with Crippen LogP contribution in [-0.2, 0) is 6.42 Å². The highest BCUT2D eigenvalue weighted by molar-refractivity contribution is 5.85. The molecule has 0 aliphatic carbocycles. The van der Waals surface area contributed by atoms with E-state index < -0.39 is 0 Å². The molecule has 0 heterocycles. The fourth-order valence-corrected chi connectivity index (χ4v) is 1.98. The van der Waals surface area contributed by atoms with Gasteiger partial charge in [0.05, 0.1) is 6.10 Å². The van der Waals surface area contributed by atoms with E-state index in [9.17, 15) is 0 Å². The molecule has 0 aliphatic heterocycles. The lowest BCUT2D eigenvalue weighted by Crippen LogP contribution is -2.10. The molecule has 17 heavy (non-hydrogen) atoms. The molecule has 2 N–H and O–H groups in total. The summed E-state index contributed by atoms with van der Waals surface area (Å²) in [6, 6.07) is 12.6. The van der Waals surface area contributed by atoms with Gasteiger partial charge < -0.3 is 10.5 Å². The van der Waals surface area contributed by atoms with Gasteiger partial charge in [0.25, 0.3) is 0 Å². The van der Waals surface area contributed by atoms with Crippen molar-refractivity contribution in [2.75, 3.05) is 6.54 Å². The van der Waals surface area contributed by atoms with Crippen molar-refractivity contribution in [1.29, 1.82) is 0 Å². The minimum Gasteiger partial charge on any atom is -0.491 e. The van der Waals surface area contributed by atoms with E-state index in [0.717, 1.165) is 12.2 Å². The molecule has 0 aliphatic rings. The van der Waals surface area contributed by atoms with Crippen molar-refractivity contribution in [2.45, 2.75) is 26.4 Å². The van der Waals surface area contributed by atoms with Crippen LogP contribution in [0.3, 0.4) is 0 Å². The molecule has 0 aromatic heterocycles. The van der Waals surface area contributed by atoms with E-state index in [-0.39, 0.29) is 6.10 Å². The summed E-state index contributed by atoms with van der Waals surface area (Å²) in [5, 5.41) is 2.45. The molecular formula is C15H19NO. The molecule has 2 aromatic rings. The van der Waals surface area contributed by atoms with Crippen LogP contribution in [0.2, 0.25) is 0 Å². The Kier molecular flexibility index (Phi) is 3.64. The van der Waals surface area contributed by atoms with Gasteiger partial charge in [0.15, 0.2) is 0 Å². The first-order chi connectivity index (χ1) is 8.20. The molecule has 0 atom stereocenters. The van der Waals surface area contributed by atoms with Crippen molar-refractivity contribution in [3.63, 3.8) is 0 Å². The molecule has 0 saturated carbocycles. The number of ether oxygens (including phenoxy) is 1. The maximum absolute atomic E-state index is 5.85. The van der Waals surface area contributed by atoms with Crippen LogP contribution in [-0.4, -0.2) is 12.6 Å². The highest BCUT2D eigenvalue weighted by atomic mass is 16.5. The van der Waals surface area contributed by atoms with E-state index in [0.29, 0.717) is 6.54 Å². The van der Waals surface area contributed by atoms with Gasteiger partial charge in [-0.15, -0.1) is 0 Å². The van der Waals surface area contributed by atoms with Crippen LogP contribution in [0.1, 0.15) is 19.4 Å². The monoisotopic (exact) mass is 229 g/mol. The fourth-order valence-electron chi connectivity index (χ4n) is 1.98. The molecule has 2 heteroatoms. The summed E-state index contributed by atoms with van der Waals surface area (Å²) < 4.78 is 5.85. The molecule has 0 saturated heterocycles. The molecular weight excluding hydrogens is 210 g/mol. The first-order valence-electron chi connectivity index (χ1n) is 6.09. The number of hydrogen-bond donors (Lipinski definition) is 1. The Labute approximate surface area is 102 Å². The van der Waals surface area contributed by atoms with Gasteiger partial charge in [0.2, 0.25) is 0 Å². The summed E-state index contributed by atoms with van der Waals surface area (Å²) in [4.78, 5) is 0. The normalized spacial score (nSPS) is 11.1. The van der Waals surface area contributed by atoms with Gasteiger partial charge in [0.1, 0.15) is 5.75 Å². The third kappa shape index (κ3) is 2.77. The number of benzene rings is 2. The van der Waals surface area contributed by atoms with E-state index in [1.165, 1.54) is 16.3 Å². The fraction of sp³-hybridized carbons (Fsp3) is 0.333. The van der Waals surface area contributed by atoms with E-state index >= 15 is 0 Å². The van der Waals surface area contributed by atoms with Gasteiger partial charge in [-0.05, 0) is 55.3 Å². The summed E-state index contributed by atoms with van der Waals surface area (Å²) in [6.07, 6.45) is 1.04. The third-order valence-electron chi connectivity index (χ3n) is 2.71. The Morgan fingerprint density at radius 2 is 1.76 bits per heavy atom. The van der Waals surface area contributed by atoms with Crippen molar-refractivity contribution in [3.8, 4) is 5.75 Å². The first-order valence-corrected chi connectivity index (χ1v) is 6.09. The Bertz CT molecular complexity index is 505. The van der Waals surface area contributed by atoms with Crippen LogP contribution in [0.25, 0.3) is 10.8 Å². The van der Waals surface area contributed by atoms with Crippen molar-refractivity contribution < 1.29 is 4.74 Å². The van der Waals surface area contributed by atoms with E-state index in [2.05, 4.69) is 30.3 Å². The lowest BCUT2D eigenvalue weighted by Gasteiger charge is -2.15. The second-order valence-corrected chi connectivity index (χ2v) is 4.51. The standard InChI is InChI=1S/C15H19NO/c1-11(2)17-15-10-13-6-4-3-5-12(13)9-14(15)7-8-16/h3-6,9-11H,7-8,16H2,1-2H3. The van der Waals surface area contributed by atoms with Crippen molar-refractivity contribution >= 4 is 10.8 Å². The molecule has 2 rings (SSSR count). The molecule has 90 valence electrons. The zero-order valence-electron chi connectivity index (χ0n) is 10.4. The smallest absolute Gasteiger partial charge is 0.123 e. The Morgan fingerprint density at radius 1 is 1.12 bits per heavy atom. The summed E-state index contributed by atoms with van der Waals surface area (Å²) >= 11 is 0. The number of hydrogen-bond acceptors (Lipinski definition) is 2. The minimum atomic E-state index is 0.188. The predicted molar refractivity (Wildman–Crippen MR) is 72.5 cm³/mol. The van der Waals surface area contributed by atoms with Crippen LogP contribution >= 0.6 is 0 Å². The summed E-state index contributed by atoms with van der Waals surface area (Å²) in [7, 11) is 0. The van der Waals surface area contributed by atoms with Gasteiger partial charge in [-0.2, -0.15) is 0 Å². The van der Waals surface area contributed by atoms with Crippen molar-refractivity contribution in [1.82, 2.24) is 0 Å². The van der Waals surface area contributed by atoms with Crippen molar-refractivity contribution in [3.05, 3.63) is 42.0 Å². The topological polar surface area (TPSA) is 35.2 Å². The van der Waals surface area contributed by atoms with Crippen LogP contribution in [0.15, 0.2) is 36.4 Å². The Hall–Kier alpha value is -1.54. The zero-order valence-corrected chi connectivity index (χ0v) is 10.4. The third-order valence-corrected chi connectivity index (χ3v) is 2.71. The van der Waals surface area contributed by atoms with Crippen LogP contribution in [0.5, 0.6) is 5.75 Å². The van der Waals surface area contributed by atoms with Crippen LogP contribution in [0, 0.1) is 0 Å². The van der Waals surface area contributed by atoms with Crippen LogP contribution in [0.4, 0.5) is 0 Å². The second kappa shape index (κ2) is 5.19. The molecule has 2 aromatic carbocycles. The second-order valence-electron chi connectivity index (χ2n) is 4.51. The summed E-state index contributed by atoms with van der Waals surface area (Å²) in [6.45, 7) is 4.73. The minimum absolute atomic E-state index is 0.188. The van der Waals surface area contributed by atoms with Crippen molar-refractivity contribution in [2.24, 2.45) is 5.73 Å². The van der Waals surface area contributed by atoms with Gasteiger partial charge >= 0.3 is 0 Å². The Balaban J connectivity index is 2.49. The lowest BCUT2D eigenvalue weighted by molar-refractivity contribution is 0.240. The predicted octanol–water partition coefficient (Wildman–Crippen LogP) is 3.13. The van der Waals surface area contributed by atoms with Gasteiger partial charge in [-0.1, -0.05) is 24.3 Å². The first kappa shape index (κ1) is 11.9. The lowest BCUT2D eigenvalue weighted by atomic mass is 10.0. The molecule has 0 unspecified atom stereocenters. The Morgan fingerprint density at radius 3 is 2.35 bits per heavy atom. The maximum atomic E-state index is 5.85. The quantitative estimate of drug-likeness (QED) is 0.874. The number of rotatable bonds is 4. The van der Waals surface area contributed by atoms with Crippen LogP contribution < -0.4 is 10.5 Å². The number of nitrogens with two attached hydrogens (primary N) is 1. The summed E-state index contributed by atoms with van der Waals surface area (Å²) in [5.41, 5.74) is 6.84. The molecule has 0 fully saturated rings.